The molecule has 5 atom stereocenters. The van der Waals surface area contributed by atoms with Crippen LogP contribution in [0.25, 0.3) is 11.2 Å². The van der Waals surface area contributed by atoms with Crippen molar-refractivity contribution in [3.8, 4) is 0 Å². The van der Waals surface area contributed by atoms with E-state index in [9.17, 15) is 29.0 Å². The van der Waals surface area contributed by atoms with Gasteiger partial charge in [-0.25, -0.2) is 24.1 Å². The zero-order chi connectivity index (χ0) is 31.4. The number of rotatable bonds is 14. The molecule has 2 aromatic heterocycles. The minimum Gasteiger partial charge on any atom is -0.387 e. The normalized spacial score (nSPS) is 21.9. The second-order valence-corrected chi connectivity index (χ2v) is 12.1. The fraction of sp³-hybridized carbons (Fsp3) is 0.455. The second-order valence-electron chi connectivity index (χ2n) is 9.30. The lowest BCUT2D eigenvalue weighted by molar-refractivity contribution is -0.0493. The van der Waals surface area contributed by atoms with Crippen molar-refractivity contribution in [3.63, 3.8) is 0 Å². The molecule has 1 aliphatic heterocycles. The number of phosphoric acid groups is 2. The number of fused-ring (bicyclic) bond motifs is 1. The van der Waals surface area contributed by atoms with Gasteiger partial charge in [-0.2, -0.15) is 4.31 Å². The van der Waals surface area contributed by atoms with Crippen LogP contribution < -0.4 is 21.7 Å². The number of imidazole rings is 1. The van der Waals surface area contributed by atoms with E-state index in [1.807, 2.05) is 6.07 Å². The average molecular weight is 646 g/mol. The highest BCUT2D eigenvalue weighted by molar-refractivity contribution is 7.60. The number of benzene rings is 1. The molecule has 0 spiro atoms. The summed E-state index contributed by atoms with van der Waals surface area (Å²) < 4.78 is 38.0. The number of hydrogen-bond acceptors (Lipinski definition) is 14. The number of aromatic nitrogens is 4. The summed E-state index contributed by atoms with van der Waals surface area (Å²) in [5, 5.41) is 30.2. The topological polar surface area (TPSA) is 286 Å². The van der Waals surface area contributed by atoms with Crippen LogP contribution >= 0.6 is 15.6 Å². The molecule has 21 heteroatoms. The third kappa shape index (κ3) is 8.04. The van der Waals surface area contributed by atoms with Gasteiger partial charge in [-0.3, -0.25) is 13.9 Å². The lowest BCUT2D eigenvalue weighted by Gasteiger charge is -2.20. The standard InChI is InChI=1S/C22H32N8O11P2/c1-24-13-7-3-2-6-12(13)20(33)25-8-4-5-9-26-22-29-15-18(23)27-11-28-19(15)30(22)21-17(32)16(31)14(40-21)10-39-43(37,38)41-42(34,35)36/h2-3,6-7,11,14,16-17,21,24,31-32H,4-5,8-10H2,1H3,(H,25,33)(H,26,29)(H,37,38)(H2,23,27,28)(H2,34,35,36)/t14-,16-,17-,21-/m1/s1. The van der Waals surface area contributed by atoms with Gasteiger partial charge in [0.05, 0.1) is 12.2 Å². The molecule has 3 aromatic rings. The van der Waals surface area contributed by atoms with Gasteiger partial charge >= 0.3 is 15.6 Å². The van der Waals surface area contributed by atoms with E-state index in [1.165, 1.54) is 4.57 Å². The van der Waals surface area contributed by atoms with Crippen LogP contribution in [0.4, 0.5) is 17.5 Å². The lowest BCUT2D eigenvalue weighted by Crippen LogP contribution is -2.33. The Morgan fingerprint density at radius 2 is 1.84 bits per heavy atom. The Morgan fingerprint density at radius 3 is 2.56 bits per heavy atom. The van der Waals surface area contributed by atoms with Gasteiger partial charge in [-0.15, -0.1) is 0 Å². The van der Waals surface area contributed by atoms with Crippen LogP contribution in [0.2, 0.25) is 0 Å². The van der Waals surface area contributed by atoms with Gasteiger partial charge < -0.3 is 51.3 Å². The molecule has 3 heterocycles. The quantitative estimate of drug-likeness (QED) is 0.0817. The molecule has 0 radical (unpaired) electrons. The molecule has 4 rings (SSSR count). The summed E-state index contributed by atoms with van der Waals surface area (Å²) in [5.41, 5.74) is 7.49. The molecule has 0 aliphatic carbocycles. The van der Waals surface area contributed by atoms with E-state index in [2.05, 4.69) is 39.7 Å². The van der Waals surface area contributed by atoms with Crippen molar-refractivity contribution in [2.45, 2.75) is 37.4 Å². The number of phosphoric ester groups is 1. The van der Waals surface area contributed by atoms with Crippen molar-refractivity contribution in [2.24, 2.45) is 0 Å². The Kier molecular flexibility index (Phi) is 10.3. The van der Waals surface area contributed by atoms with Crippen molar-refractivity contribution < 1.29 is 52.4 Å². The van der Waals surface area contributed by atoms with E-state index in [0.717, 1.165) is 6.33 Å². The molecular formula is C22H32N8O11P2. The van der Waals surface area contributed by atoms with Crippen LogP contribution in [0, 0.1) is 0 Å². The van der Waals surface area contributed by atoms with Gasteiger partial charge in [0, 0.05) is 25.8 Å². The molecule has 1 unspecified atom stereocenters. The lowest BCUT2D eigenvalue weighted by atomic mass is 10.1. The highest BCUT2D eigenvalue weighted by atomic mass is 31.3. The number of aliphatic hydroxyl groups is 2. The van der Waals surface area contributed by atoms with Gasteiger partial charge in [0.2, 0.25) is 5.95 Å². The van der Waals surface area contributed by atoms with E-state index < -0.39 is 46.8 Å². The third-order valence-corrected chi connectivity index (χ3v) is 8.47. The summed E-state index contributed by atoms with van der Waals surface area (Å²) >= 11 is 0. The summed E-state index contributed by atoms with van der Waals surface area (Å²) in [7, 11) is -8.87. The zero-order valence-corrected chi connectivity index (χ0v) is 24.5. The van der Waals surface area contributed by atoms with E-state index in [-0.39, 0.29) is 28.8 Å². The Hall–Kier alpha value is -3.22. The zero-order valence-electron chi connectivity index (χ0n) is 22.7. The van der Waals surface area contributed by atoms with Crippen LogP contribution in [0.5, 0.6) is 0 Å². The first-order chi connectivity index (χ1) is 20.3. The van der Waals surface area contributed by atoms with Gasteiger partial charge in [-0.1, -0.05) is 12.1 Å². The molecule has 43 heavy (non-hydrogen) atoms. The number of carbonyl (C=O) groups excluding carboxylic acids is 1. The molecule has 19 nitrogen and oxygen atoms in total. The number of hydrogen-bond donors (Lipinski definition) is 9. The number of nitrogens with zero attached hydrogens (tertiary/aromatic N) is 4. The van der Waals surface area contributed by atoms with Crippen molar-refractivity contribution >= 4 is 50.2 Å². The number of nitrogens with two attached hydrogens (primary N) is 1. The summed E-state index contributed by atoms with van der Waals surface area (Å²) in [4.78, 5) is 52.0. The number of nitrogens with one attached hydrogen (secondary N) is 3. The van der Waals surface area contributed by atoms with Crippen LogP contribution in [-0.2, 0) is 22.7 Å². The number of anilines is 3. The SMILES string of the molecule is CNc1ccccc1C(=O)NCCCCNc1nc2c(N)ncnc2n1[C@@H]1O[C@H](COP(=O)(O)OP(=O)(O)O)[C@@H](O)[C@H]1O. The summed E-state index contributed by atoms with van der Waals surface area (Å²) in [5.74, 6) is -0.0474. The first-order valence-corrected chi connectivity index (χ1v) is 15.9. The predicted molar refractivity (Wildman–Crippen MR) is 151 cm³/mol. The molecule has 1 saturated heterocycles. The fourth-order valence-corrected chi connectivity index (χ4v) is 5.94. The molecule has 1 amide bonds. The Labute approximate surface area is 244 Å². The Balaban J connectivity index is 1.40. The molecule has 0 bridgehead atoms. The summed E-state index contributed by atoms with van der Waals surface area (Å²) in [6, 6.07) is 7.11. The fourth-order valence-electron chi connectivity index (χ4n) is 4.34. The van der Waals surface area contributed by atoms with Crippen molar-refractivity contribution in [1.29, 1.82) is 0 Å². The third-order valence-electron chi connectivity index (χ3n) is 6.32. The number of para-hydroxylation sites is 1. The molecule has 1 aliphatic rings. The maximum Gasteiger partial charge on any atom is 0.481 e. The van der Waals surface area contributed by atoms with Gasteiger partial charge in [0.25, 0.3) is 5.91 Å². The van der Waals surface area contributed by atoms with E-state index in [0.29, 0.717) is 37.2 Å². The number of unbranched alkanes of at least 4 members (excludes halogenated alkanes) is 1. The minimum atomic E-state index is -5.37. The number of amides is 1. The van der Waals surface area contributed by atoms with Crippen molar-refractivity contribution in [2.75, 3.05) is 43.1 Å². The van der Waals surface area contributed by atoms with E-state index in [1.54, 1.807) is 25.2 Å². The largest absolute Gasteiger partial charge is 0.481 e. The van der Waals surface area contributed by atoms with Crippen molar-refractivity contribution in [3.05, 3.63) is 36.2 Å². The molecule has 1 fully saturated rings. The van der Waals surface area contributed by atoms with Crippen LogP contribution in [0.15, 0.2) is 30.6 Å². The molecule has 236 valence electrons. The molecule has 1 aromatic carbocycles. The van der Waals surface area contributed by atoms with Gasteiger partial charge in [0.15, 0.2) is 23.2 Å². The number of nitrogen functional groups attached to an aromatic ring is 1. The number of carbonyl (C=O) groups is 1. The van der Waals surface area contributed by atoms with Gasteiger partial charge in [-0.05, 0) is 25.0 Å². The smallest absolute Gasteiger partial charge is 0.387 e. The van der Waals surface area contributed by atoms with Crippen LogP contribution in [-0.4, -0.2) is 95.4 Å². The maximum atomic E-state index is 12.5. The molecule has 10 N–H and O–H groups in total. The van der Waals surface area contributed by atoms with E-state index >= 15 is 0 Å². The van der Waals surface area contributed by atoms with E-state index in [4.69, 9.17) is 20.3 Å². The number of ether oxygens (including phenoxy) is 1. The highest BCUT2D eigenvalue weighted by Crippen LogP contribution is 2.57. The molecule has 0 saturated carbocycles. The second kappa shape index (κ2) is 13.6. The Bertz CT molecular complexity index is 1540. The summed E-state index contributed by atoms with van der Waals surface area (Å²) in [6.07, 6.45) is -3.73. The monoisotopic (exact) mass is 646 g/mol. The first kappa shape index (κ1) is 32.7. The Morgan fingerprint density at radius 1 is 1.12 bits per heavy atom. The highest BCUT2D eigenvalue weighted by Gasteiger charge is 2.46. The average Bonchev–Trinajstić information content (AvgIpc) is 3.45. The summed E-state index contributed by atoms with van der Waals surface area (Å²) in [6.45, 7) is -0.128. The molecular weight excluding hydrogens is 614 g/mol. The number of aliphatic hydroxyl groups excluding tert-OH is 2. The van der Waals surface area contributed by atoms with Crippen molar-refractivity contribution in [1.82, 2.24) is 24.8 Å². The predicted octanol–water partition coefficient (Wildman–Crippen LogP) is -0.0822. The first-order valence-electron chi connectivity index (χ1n) is 12.8. The van der Waals surface area contributed by atoms with Gasteiger partial charge in [0.1, 0.15) is 24.6 Å². The van der Waals surface area contributed by atoms with Crippen LogP contribution in [0.1, 0.15) is 29.4 Å². The maximum absolute atomic E-state index is 12.5. The minimum absolute atomic E-state index is 0.0279. The van der Waals surface area contributed by atoms with Crippen LogP contribution in [0.3, 0.4) is 0 Å².